The van der Waals surface area contributed by atoms with Gasteiger partial charge in [0.25, 0.3) is 0 Å². The van der Waals surface area contributed by atoms with Crippen LogP contribution in [0.5, 0.6) is 0 Å². The lowest BCUT2D eigenvalue weighted by atomic mass is 10.1. The molecule has 5 nitrogen and oxygen atoms in total. The molecule has 2 aromatic rings. The highest BCUT2D eigenvalue weighted by molar-refractivity contribution is 8.02. The molecule has 0 aliphatic carbocycles. The summed E-state index contributed by atoms with van der Waals surface area (Å²) in [5, 5.41) is 12.3. The van der Waals surface area contributed by atoms with E-state index in [1.54, 1.807) is 0 Å². The summed E-state index contributed by atoms with van der Waals surface area (Å²) in [6, 6.07) is 10.2. The molecule has 1 atom stereocenters. The lowest BCUT2D eigenvalue weighted by molar-refractivity contribution is -0.131. The second kappa shape index (κ2) is 8.48. The third-order valence-electron chi connectivity index (χ3n) is 3.99. The SMILES string of the molecule is C[C@@H](Sc1nnc(NCc2ccccc2)s1)C(=O)N1CCCCC1. The summed E-state index contributed by atoms with van der Waals surface area (Å²) < 4.78 is 0.837. The average molecular weight is 363 g/mol. The van der Waals surface area contributed by atoms with Crippen molar-refractivity contribution >= 4 is 34.1 Å². The van der Waals surface area contributed by atoms with Crippen molar-refractivity contribution in [2.75, 3.05) is 18.4 Å². The summed E-state index contributed by atoms with van der Waals surface area (Å²) >= 11 is 3.00. The van der Waals surface area contributed by atoms with Crippen LogP contribution in [-0.2, 0) is 11.3 Å². The Hall–Kier alpha value is -1.60. The topological polar surface area (TPSA) is 58.1 Å². The van der Waals surface area contributed by atoms with E-state index in [2.05, 4.69) is 27.6 Å². The van der Waals surface area contributed by atoms with Crippen molar-refractivity contribution in [2.24, 2.45) is 0 Å². The van der Waals surface area contributed by atoms with E-state index in [0.717, 1.165) is 41.9 Å². The van der Waals surface area contributed by atoms with E-state index in [-0.39, 0.29) is 11.2 Å². The Morgan fingerprint density at radius 3 is 2.75 bits per heavy atom. The van der Waals surface area contributed by atoms with Crippen molar-refractivity contribution < 1.29 is 4.79 Å². The molecule has 1 aromatic heterocycles. The van der Waals surface area contributed by atoms with Gasteiger partial charge in [-0.1, -0.05) is 53.4 Å². The first kappa shape index (κ1) is 17.2. The number of thioether (sulfide) groups is 1. The van der Waals surface area contributed by atoms with E-state index < -0.39 is 0 Å². The minimum Gasteiger partial charge on any atom is -0.356 e. The molecular formula is C17H22N4OS2. The second-order valence-electron chi connectivity index (χ2n) is 5.86. The summed E-state index contributed by atoms with van der Waals surface area (Å²) in [5.74, 6) is 0.216. The Labute approximate surface area is 150 Å². The number of nitrogens with one attached hydrogen (secondary N) is 1. The molecule has 1 amide bonds. The van der Waals surface area contributed by atoms with Crippen molar-refractivity contribution in [3.63, 3.8) is 0 Å². The van der Waals surface area contributed by atoms with Gasteiger partial charge in [-0.15, -0.1) is 10.2 Å². The van der Waals surface area contributed by atoms with Gasteiger partial charge in [-0.05, 0) is 31.7 Å². The Morgan fingerprint density at radius 1 is 1.25 bits per heavy atom. The standard InChI is InChI=1S/C17H22N4OS2/c1-13(15(22)21-10-6-3-7-11-21)23-17-20-19-16(24-17)18-12-14-8-4-2-5-9-14/h2,4-5,8-9,13H,3,6-7,10-12H2,1H3,(H,18,19)/t13-/m1/s1. The zero-order chi connectivity index (χ0) is 16.8. The van der Waals surface area contributed by atoms with E-state index >= 15 is 0 Å². The van der Waals surface area contributed by atoms with Crippen LogP contribution in [-0.4, -0.2) is 39.3 Å². The number of anilines is 1. The molecule has 0 bridgehead atoms. The predicted octanol–water partition coefficient (Wildman–Crippen LogP) is 3.64. The van der Waals surface area contributed by atoms with E-state index in [1.165, 1.54) is 35.1 Å². The highest BCUT2D eigenvalue weighted by Gasteiger charge is 2.24. The fourth-order valence-corrected chi connectivity index (χ4v) is 4.65. The summed E-state index contributed by atoms with van der Waals surface area (Å²) in [5.41, 5.74) is 1.20. The van der Waals surface area contributed by atoms with E-state index in [4.69, 9.17) is 0 Å². The minimum absolute atomic E-state index is 0.113. The summed E-state index contributed by atoms with van der Waals surface area (Å²) in [4.78, 5) is 14.4. The molecule has 1 fully saturated rings. The normalized spacial score (nSPS) is 16.0. The molecule has 1 aliphatic heterocycles. The van der Waals surface area contributed by atoms with Crippen molar-refractivity contribution in [3.05, 3.63) is 35.9 Å². The van der Waals surface area contributed by atoms with Crippen LogP contribution in [0.15, 0.2) is 34.7 Å². The van der Waals surface area contributed by atoms with Crippen molar-refractivity contribution in [1.29, 1.82) is 0 Å². The van der Waals surface area contributed by atoms with Gasteiger partial charge in [0.2, 0.25) is 11.0 Å². The van der Waals surface area contributed by atoms with Crippen LogP contribution in [0.25, 0.3) is 0 Å². The van der Waals surface area contributed by atoms with E-state index in [9.17, 15) is 4.79 Å². The van der Waals surface area contributed by atoms with Gasteiger partial charge < -0.3 is 10.2 Å². The number of hydrogen-bond acceptors (Lipinski definition) is 6. The largest absolute Gasteiger partial charge is 0.356 e. The number of benzene rings is 1. The van der Waals surface area contributed by atoms with E-state index in [1.807, 2.05) is 30.0 Å². The average Bonchev–Trinajstić information content (AvgIpc) is 3.08. The minimum atomic E-state index is -0.113. The molecule has 3 rings (SSSR count). The van der Waals surface area contributed by atoms with E-state index in [0.29, 0.717) is 0 Å². The number of likely N-dealkylation sites (tertiary alicyclic amines) is 1. The fraction of sp³-hybridized carbons (Fsp3) is 0.471. The molecule has 24 heavy (non-hydrogen) atoms. The fourth-order valence-electron chi connectivity index (χ4n) is 2.68. The molecule has 0 saturated carbocycles. The van der Waals surface area contributed by atoms with Crippen LogP contribution in [0.2, 0.25) is 0 Å². The van der Waals surface area contributed by atoms with Gasteiger partial charge in [-0.3, -0.25) is 4.79 Å². The van der Waals surface area contributed by atoms with Crippen LogP contribution in [0.3, 0.4) is 0 Å². The molecule has 7 heteroatoms. The molecule has 128 valence electrons. The van der Waals surface area contributed by atoms with Crippen LogP contribution >= 0.6 is 23.1 Å². The number of nitrogens with zero attached hydrogens (tertiary/aromatic N) is 3. The van der Waals surface area contributed by atoms with Crippen LogP contribution in [0, 0.1) is 0 Å². The third kappa shape index (κ3) is 4.70. The molecule has 1 aromatic carbocycles. The maximum Gasteiger partial charge on any atom is 0.235 e. The van der Waals surface area contributed by atoms with Gasteiger partial charge in [0.15, 0.2) is 4.34 Å². The van der Waals surface area contributed by atoms with Crippen molar-refractivity contribution in [2.45, 2.75) is 42.3 Å². The smallest absolute Gasteiger partial charge is 0.235 e. The third-order valence-corrected chi connectivity index (χ3v) is 6.04. The monoisotopic (exact) mass is 362 g/mol. The molecular weight excluding hydrogens is 340 g/mol. The Bertz CT molecular complexity index is 656. The Kier molecular flexibility index (Phi) is 6.09. The van der Waals surface area contributed by atoms with Crippen LogP contribution in [0.1, 0.15) is 31.7 Å². The lowest BCUT2D eigenvalue weighted by Gasteiger charge is -2.28. The number of rotatable bonds is 6. The van der Waals surface area contributed by atoms with Gasteiger partial charge in [-0.25, -0.2) is 0 Å². The first-order valence-corrected chi connectivity index (χ1v) is 9.99. The molecule has 2 heterocycles. The van der Waals surface area contributed by atoms with Crippen LogP contribution in [0.4, 0.5) is 5.13 Å². The van der Waals surface area contributed by atoms with Crippen molar-refractivity contribution in [3.8, 4) is 0 Å². The summed E-state index contributed by atoms with van der Waals surface area (Å²) in [6.07, 6.45) is 3.48. The highest BCUT2D eigenvalue weighted by Crippen LogP contribution is 2.30. The summed E-state index contributed by atoms with van der Waals surface area (Å²) in [7, 11) is 0. The number of hydrogen-bond donors (Lipinski definition) is 1. The lowest BCUT2D eigenvalue weighted by Crippen LogP contribution is -2.40. The van der Waals surface area contributed by atoms with Gasteiger partial charge in [0.1, 0.15) is 0 Å². The first-order chi connectivity index (χ1) is 11.7. The number of carbonyl (C=O) groups excluding carboxylic acids is 1. The quantitative estimate of drug-likeness (QED) is 0.795. The van der Waals surface area contributed by atoms with Gasteiger partial charge >= 0.3 is 0 Å². The van der Waals surface area contributed by atoms with Crippen molar-refractivity contribution in [1.82, 2.24) is 15.1 Å². The molecule has 0 radical (unpaired) electrons. The first-order valence-electron chi connectivity index (χ1n) is 8.29. The van der Waals surface area contributed by atoms with Gasteiger partial charge in [0, 0.05) is 19.6 Å². The molecule has 0 unspecified atom stereocenters. The zero-order valence-corrected chi connectivity index (χ0v) is 15.4. The molecule has 1 aliphatic rings. The van der Waals surface area contributed by atoms with Crippen LogP contribution < -0.4 is 5.32 Å². The number of amides is 1. The highest BCUT2D eigenvalue weighted by atomic mass is 32.2. The summed E-state index contributed by atoms with van der Waals surface area (Å²) in [6.45, 7) is 4.47. The van der Waals surface area contributed by atoms with Gasteiger partial charge in [0.05, 0.1) is 5.25 Å². The van der Waals surface area contributed by atoms with Gasteiger partial charge in [-0.2, -0.15) is 0 Å². The maximum atomic E-state index is 12.5. The predicted molar refractivity (Wildman–Crippen MR) is 99.4 cm³/mol. The maximum absolute atomic E-state index is 12.5. The number of piperidine rings is 1. The molecule has 0 spiro atoms. The molecule has 1 saturated heterocycles. The zero-order valence-electron chi connectivity index (χ0n) is 13.8. The molecule has 1 N–H and O–H groups in total. The number of aromatic nitrogens is 2. The number of carbonyl (C=O) groups is 1. The second-order valence-corrected chi connectivity index (χ2v) is 8.42. The Balaban J connectivity index is 1.50. The Morgan fingerprint density at radius 2 is 2.00 bits per heavy atom.